The Kier molecular flexibility index (Phi) is 6.86. The van der Waals surface area contributed by atoms with Crippen LogP contribution in [0, 0.1) is 12.8 Å². The van der Waals surface area contributed by atoms with E-state index in [2.05, 4.69) is 19.9 Å². The number of aryl methyl sites for hydroxylation is 1. The van der Waals surface area contributed by atoms with E-state index < -0.39 is 10.0 Å². The van der Waals surface area contributed by atoms with Crippen LogP contribution in [0.4, 0.5) is 5.13 Å². The second kappa shape index (κ2) is 9.44. The Morgan fingerprint density at radius 2 is 1.94 bits per heavy atom. The summed E-state index contributed by atoms with van der Waals surface area (Å²) in [6, 6.07) is 6.44. The highest BCUT2D eigenvalue weighted by Gasteiger charge is 2.33. The number of carbonyl (C=O) groups is 1. The number of amides is 1. The number of nitrogens with zero attached hydrogens (tertiary/aromatic N) is 2. The van der Waals surface area contributed by atoms with Gasteiger partial charge in [0.05, 0.1) is 4.90 Å². The minimum absolute atomic E-state index is 0.0880. The van der Waals surface area contributed by atoms with Crippen molar-refractivity contribution in [2.24, 2.45) is 5.92 Å². The summed E-state index contributed by atoms with van der Waals surface area (Å²) in [5, 5.41) is 3.67. The molecule has 2 atom stereocenters. The summed E-state index contributed by atoms with van der Waals surface area (Å²) in [4.78, 5) is 20.4. The van der Waals surface area contributed by atoms with Crippen LogP contribution in [-0.2, 0) is 10.0 Å². The Morgan fingerprint density at radius 3 is 2.71 bits per heavy atom. The first-order chi connectivity index (χ1) is 14.8. The first-order valence-electron chi connectivity index (χ1n) is 10.6. The molecular weight excluding hydrogens is 456 g/mol. The van der Waals surface area contributed by atoms with Crippen LogP contribution in [0.2, 0.25) is 5.02 Å². The maximum atomic E-state index is 12.8. The van der Waals surface area contributed by atoms with E-state index in [1.54, 1.807) is 6.92 Å². The second-order valence-corrected chi connectivity index (χ2v) is 11.5. The van der Waals surface area contributed by atoms with Gasteiger partial charge in [0.25, 0.3) is 15.9 Å². The molecule has 0 saturated carbocycles. The van der Waals surface area contributed by atoms with Crippen molar-refractivity contribution in [3.8, 4) is 0 Å². The summed E-state index contributed by atoms with van der Waals surface area (Å²) in [7, 11) is -3.80. The van der Waals surface area contributed by atoms with Gasteiger partial charge in [-0.15, -0.1) is 11.3 Å². The monoisotopic (exact) mass is 482 g/mol. The van der Waals surface area contributed by atoms with Gasteiger partial charge in [-0.1, -0.05) is 18.0 Å². The molecule has 1 aromatic heterocycles. The normalized spacial score (nSPS) is 22.0. The SMILES string of the molecule is Cc1sc(NS(=O)(=O)c2ccc(Cl)cc2)nc1C(=O)NC[C@@H]1CCCN2CCCC[C@H]12. The lowest BCUT2D eigenvalue weighted by Crippen LogP contribution is -2.51. The van der Waals surface area contributed by atoms with E-state index in [0.29, 0.717) is 28.4 Å². The summed E-state index contributed by atoms with van der Waals surface area (Å²) < 4.78 is 27.6. The second-order valence-electron chi connectivity index (χ2n) is 8.19. The van der Waals surface area contributed by atoms with Gasteiger partial charge in [0.2, 0.25) is 0 Å². The van der Waals surface area contributed by atoms with Crippen molar-refractivity contribution in [1.82, 2.24) is 15.2 Å². The predicted octanol–water partition coefficient (Wildman–Crippen LogP) is 3.90. The third-order valence-corrected chi connectivity index (χ3v) is 8.73. The lowest BCUT2D eigenvalue weighted by molar-refractivity contribution is 0.0575. The van der Waals surface area contributed by atoms with E-state index in [1.165, 1.54) is 49.9 Å². The summed E-state index contributed by atoms with van der Waals surface area (Å²) >= 11 is 6.98. The van der Waals surface area contributed by atoms with Crippen LogP contribution in [0.1, 0.15) is 47.5 Å². The fourth-order valence-electron chi connectivity index (χ4n) is 4.56. The van der Waals surface area contributed by atoms with Crippen LogP contribution in [-0.4, -0.2) is 49.9 Å². The number of carbonyl (C=O) groups excluding carboxylic acids is 1. The van der Waals surface area contributed by atoms with Crippen LogP contribution < -0.4 is 10.0 Å². The molecule has 31 heavy (non-hydrogen) atoms. The fraction of sp³-hybridized carbons (Fsp3) is 0.524. The van der Waals surface area contributed by atoms with Gasteiger partial charge in [0.1, 0.15) is 5.69 Å². The van der Waals surface area contributed by atoms with Crippen LogP contribution in [0.15, 0.2) is 29.2 Å². The van der Waals surface area contributed by atoms with Crippen molar-refractivity contribution >= 4 is 44.0 Å². The number of halogens is 1. The molecule has 2 aliphatic heterocycles. The molecule has 0 spiro atoms. The Balaban J connectivity index is 1.40. The smallest absolute Gasteiger partial charge is 0.271 e. The molecule has 2 aliphatic rings. The number of nitrogens with one attached hydrogen (secondary N) is 2. The minimum Gasteiger partial charge on any atom is -0.350 e. The number of piperidine rings is 2. The minimum atomic E-state index is -3.80. The molecule has 2 fully saturated rings. The van der Waals surface area contributed by atoms with E-state index in [9.17, 15) is 13.2 Å². The highest BCUT2D eigenvalue weighted by Crippen LogP contribution is 2.31. The van der Waals surface area contributed by atoms with Crippen LogP contribution in [0.25, 0.3) is 0 Å². The van der Waals surface area contributed by atoms with E-state index >= 15 is 0 Å². The third kappa shape index (κ3) is 5.22. The van der Waals surface area contributed by atoms with E-state index in [-0.39, 0.29) is 21.6 Å². The highest BCUT2D eigenvalue weighted by atomic mass is 35.5. The van der Waals surface area contributed by atoms with Gasteiger partial charge in [0.15, 0.2) is 5.13 Å². The zero-order valence-corrected chi connectivity index (χ0v) is 19.8. The lowest BCUT2D eigenvalue weighted by atomic mass is 9.83. The van der Waals surface area contributed by atoms with Crippen LogP contribution in [0.3, 0.4) is 0 Å². The summed E-state index contributed by atoms with van der Waals surface area (Å²) in [5.41, 5.74) is 0.273. The van der Waals surface area contributed by atoms with Crippen molar-refractivity contribution in [3.63, 3.8) is 0 Å². The highest BCUT2D eigenvalue weighted by molar-refractivity contribution is 7.93. The van der Waals surface area contributed by atoms with Gasteiger partial charge in [-0.3, -0.25) is 9.52 Å². The number of fused-ring (bicyclic) bond motifs is 1. The van der Waals surface area contributed by atoms with Crippen molar-refractivity contribution in [2.45, 2.75) is 50.0 Å². The number of benzene rings is 1. The number of hydrogen-bond acceptors (Lipinski definition) is 6. The average Bonchev–Trinajstić information content (AvgIpc) is 3.11. The molecule has 0 aliphatic carbocycles. The Morgan fingerprint density at radius 1 is 1.19 bits per heavy atom. The summed E-state index contributed by atoms with van der Waals surface area (Å²) in [5.74, 6) is 0.207. The molecule has 2 aromatic rings. The van der Waals surface area contributed by atoms with Crippen molar-refractivity contribution in [3.05, 3.63) is 39.9 Å². The molecular formula is C21H27ClN4O3S2. The number of hydrogen-bond donors (Lipinski definition) is 2. The number of aromatic nitrogens is 1. The van der Waals surface area contributed by atoms with Gasteiger partial charge in [-0.2, -0.15) is 0 Å². The largest absolute Gasteiger partial charge is 0.350 e. The number of thiazole rings is 1. The summed E-state index contributed by atoms with van der Waals surface area (Å²) in [6.07, 6.45) is 6.02. The zero-order chi connectivity index (χ0) is 22.0. The third-order valence-electron chi connectivity index (χ3n) is 6.11. The van der Waals surface area contributed by atoms with Gasteiger partial charge in [0, 0.05) is 22.5 Å². The van der Waals surface area contributed by atoms with Crippen molar-refractivity contribution < 1.29 is 13.2 Å². The summed E-state index contributed by atoms with van der Waals surface area (Å²) in [6.45, 7) is 4.73. The maximum absolute atomic E-state index is 12.8. The molecule has 168 valence electrons. The van der Waals surface area contributed by atoms with Crippen LogP contribution in [0.5, 0.6) is 0 Å². The standard InChI is InChI=1S/C21H27ClN4O3S2/c1-14-19(20(27)23-13-15-5-4-12-26-11-3-2-6-18(15)26)24-21(30-14)25-31(28,29)17-9-7-16(22)8-10-17/h7-10,15,18H,2-6,11-13H2,1H3,(H,23,27)(H,24,25)/t15-,18+/m0/s1. The van der Waals surface area contributed by atoms with E-state index in [0.717, 1.165) is 30.8 Å². The molecule has 4 rings (SSSR count). The molecule has 1 amide bonds. The average molecular weight is 483 g/mol. The lowest BCUT2D eigenvalue weighted by Gasteiger charge is -2.44. The predicted molar refractivity (Wildman–Crippen MR) is 123 cm³/mol. The number of anilines is 1. The van der Waals surface area contributed by atoms with E-state index in [4.69, 9.17) is 11.6 Å². The molecule has 0 radical (unpaired) electrons. The maximum Gasteiger partial charge on any atom is 0.271 e. The molecule has 2 N–H and O–H groups in total. The Labute approximate surface area is 192 Å². The topological polar surface area (TPSA) is 91.4 Å². The van der Waals surface area contributed by atoms with Gasteiger partial charge in [-0.05, 0) is 75.9 Å². The molecule has 10 heteroatoms. The Bertz CT molecular complexity index is 1040. The number of sulfonamides is 1. The van der Waals surface area contributed by atoms with Gasteiger partial charge < -0.3 is 10.2 Å². The Hall–Kier alpha value is -1.68. The molecule has 1 aromatic carbocycles. The zero-order valence-electron chi connectivity index (χ0n) is 17.4. The molecule has 2 saturated heterocycles. The molecule has 7 nitrogen and oxygen atoms in total. The first kappa shape index (κ1) is 22.5. The molecule has 0 unspecified atom stereocenters. The molecule has 0 bridgehead atoms. The van der Waals surface area contributed by atoms with E-state index in [1.807, 2.05) is 0 Å². The molecule has 3 heterocycles. The van der Waals surface area contributed by atoms with Gasteiger partial charge in [-0.25, -0.2) is 13.4 Å². The first-order valence-corrected chi connectivity index (χ1v) is 13.3. The fourth-order valence-corrected chi connectivity index (χ4v) is 6.73. The van der Waals surface area contributed by atoms with Crippen molar-refractivity contribution in [2.75, 3.05) is 24.4 Å². The van der Waals surface area contributed by atoms with Gasteiger partial charge >= 0.3 is 0 Å². The van der Waals surface area contributed by atoms with Crippen molar-refractivity contribution in [1.29, 1.82) is 0 Å². The quantitative estimate of drug-likeness (QED) is 0.651. The van der Waals surface area contributed by atoms with Crippen LogP contribution >= 0.6 is 22.9 Å². The number of rotatable bonds is 6.